The summed E-state index contributed by atoms with van der Waals surface area (Å²) >= 11 is 0. The van der Waals surface area contributed by atoms with Crippen molar-refractivity contribution in [2.45, 2.75) is 4.90 Å². The Kier molecular flexibility index (Phi) is 5.56. The van der Waals surface area contributed by atoms with Crippen molar-refractivity contribution in [3.8, 4) is 0 Å². The third kappa shape index (κ3) is 4.75. The summed E-state index contributed by atoms with van der Waals surface area (Å²) in [5, 5.41) is 0. The van der Waals surface area contributed by atoms with E-state index in [1.165, 1.54) is 10.6 Å². The van der Waals surface area contributed by atoms with E-state index in [0.29, 0.717) is 39.3 Å². The van der Waals surface area contributed by atoms with Crippen molar-refractivity contribution in [3.63, 3.8) is 0 Å². The summed E-state index contributed by atoms with van der Waals surface area (Å²) in [4.78, 5) is 2.30. The van der Waals surface area contributed by atoms with Crippen LogP contribution in [-0.2, 0) is 20.0 Å². The van der Waals surface area contributed by atoms with Gasteiger partial charge in [-0.15, -0.1) is 0 Å². The van der Waals surface area contributed by atoms with Crippen LogP contribution in [-0.4, -0.2) is 71.6 Å². The Hall–Kier alpha value is -1.00. The first-order valence-electron chi connectivity index (χ1n) is 7.01. The van der Waals surface area contributed by atoms with E-state index in [1.54, 1.807) is 30.3 Å². The standard InChI is InChI=1S/C13H21N3O4S2/c1-21(17,18)16-11-9-15(10-12-16)8-7-14-22(19,20)13-5-3-2-4-6-13/h2-6,14H,7-12H2,1H3. The minimum Gasteiger partial charge on any atom is -0.299 e. The Morgan fingerprint density at radius 2 is 1.59 bits per heavy atom. The van der Waals surface area contributed by atoms with Crippen LogP contribution in [0.2, 0.25) is 0 Å². The highest BCUT2D eigenvalue weighted by molar-refractivity contribution is 7.89. The molecule has 1 N–H and O–H groups in total. The lowest BCUT2D eigenvalue weighted by Gasteiger charge is -2.33. The molecule has 0 aromatic heterocycles. The number of rotatable bonds is 6. The molecule has 1 aromatic rings. The van der Waals surface area contributed by atoms with Crippen molar-refractivity contribution in [2.24, 2.45) is 0 Å². The van der Waals surface area contributed by atoms with Gasteiger partial charge in [-0.05, 0) is 12.1 Å². The monoisotopic (exact) mass is 347 g/mol. The molecular formula is C13H21N3O4S2. The van der Waals surface area contributed by atoms with Crippen LogP contribution in [0.25, 0.3) is 0 Å². The van der Waals surface area contributed by atoms with Crippen LogP contribution in [0, 0.1) is 0 Å². The lowest BCUT2D eigenvalue weighted by Crippen LogP contribution is -2.49. The van der Waals surface area contributed by atoms with Crippen molar-refractivity contribution in [1.29, 1.82) is 0 Å². The van der Waals surface area contributed by atoms with E-state index in [-0.39, 0.29) is 4.90 Å². The first-order chi connectivity index (χ1) is 10.3. The average molecular weight is 347 g/mol. The SMILES string of the molecule is CS(=O)(=O)N1CCN(CCNS(=O)(=O)c2ccccc2)CC1. The van der Waals surface area contributed by atoms with Crippen molar-refractivity contribution in [1.82, 2.24) is 13.9 Å². The van der Waals surface area contributed by atoms with Gasteiger partial charge in [-0.2, -0.15) is 4.31 Å². The second-order valence-electron chi connectivity index (χ2n) is 5.21. The zero-order chi connectivity index (χ0) is 16.2. The van der Waals surface area contributed by atoms with Crippen molar-refractivity contribution < 1.29 is 16.8 Å². The van der Waals surface area contributed by atoms with E-state index in [4.69, 9.17) is 0 Å². The third-order valence-corrected chi connectivity index (χ3v) is 6.35. The molecule has 1 saturated heterocycles. The van der Waals surface area contributed by atoms with Gasteiger partial charge in [-0.3, -0.25) is 4.90 Å². The van der Waals surface area contributed by atoms with Gasteiger partial charge in [0.15, 0.2) is 0 Å². The van der Waals surface area contributed by atoms with Gasteiger partial charge < -0.3 is 0 Å². The largest absolute Gasteiger partial charge is 0.299 e. The number of sulfonamides is 2. The number of piperazine rings is 1. The molecule has 0 bridgehead atoms. The molecule has 0 aliphatic carbocycles. The zero-order valence-electron chi connectivity index (χ0n) is 12.5. The maximum absolute atomic E-state index is 12.0. The van der Waals surface area contributed by atoms with E-state index in [2.05, 4.69) is 9.62 Å². The molecule has 0 radical (unpaired) electrons. The summed E-state index contributed by atoms with van der Waals surface area (Å²) in [6.07, 6.45) is 1.21. The van der Waals surface area contributed by atoms with Crippen molar-refractivity contribution >= 4 is 20.0 Å². The van der Waals surface area contributed by atoms with Crippen LogP contribution < -0.4 is 4.72 Å². The fourth-order valence-corrected chi connectivity index (χ4v) is 4.17. The second kappa shape index (κ2) is 7.05. The first kappa shape index (κ1) is 17.4. The number of hydrogen-bond donors (Lipinski definition) is 1. The molecule has 2 rings (SSSR count). The average Bonchev–Trinajstić information content (AvgIpc) is 2.48. The minimum absolute atomic E-state index is 0.247. The lowest BCUT2D eigenvalue weighted by molar-refractivity contribution is 0.192. The fraction of sp³-hybridized carbons (Fsp3) is 0.538. The van der Waals surface area contributed by atoms with Crippen LogP contribution in [0.5, 0.6) is 0 Å². The highest BCUT2D eigenvalue weighted by Crippen LogP contribution is 2.08. The van der Waals surface area contributed by atoms with Crippen LogP contribution in [0.4, 0.5) is 0 Å². The molecule has 1 heterocycles. The molecule has 0 atom stereocenters. The van der Waals surface area contributed by atoms with Crippen molar-refractivity contribution in [3.05, 3.63) is 30.3 Å². The van der Waals surface area contributed by atoms with Gasteiger partial charge >= 0.3 is 0 Å². The van der Waals surface area contributed by atoms with E-state index in [1.807, 2.05) is 0 Å². The van der Waals surface area contributed by atoms with Gasteiger partial charge in [0.05, 0.1) is 11.2 Å². The molecule has 22 heavy (non-hydrogen) atoms. The second-order valence-corrected chi connectivity index (χ2v) is 8.96. The normalized spacial score (nSPS) is 18.4. The van der Waals surface area contributed by atoms with Gasteiger partial charge in [0.1, 0.15) is 0 Å². The zero-order valence-corrected chi connectivity index (χ0v) is 14.1. The first-order valence-corrected chi connectivity index (χ1v) is 10.3. The Labute approximate surface area is 132 Å². The molecular weight excluding hydrogens is 326 g/mol. The molecule has 124 valence electrons. The van der Waals surface area contributed by atoms with E-state index >= 15 is 0 Å². The highest BCUT2D eigenvalue weighted by atomic mass is 32.2. The summed E-state index contributed by atoms with van der Waals surface area (Å²) in [5.41, 5.74) is 0. The topological polar surface area (TPSA) is 86.8 Å². The Bertz CT molecular complexity index is 681. The third-order valence-electron chi connectivity index (χ3n) is 3.57. The summed E-state index contributed by atoms with van der Waals surface area (Å²) in [7, 11) is -6.61. The van der Waals surface area contributed by atoms with Gasteiger partial charge in [0.25, 0.3) is 0 Å². The molecule has 0 spiro atoms. The Morgan fingerprint density at radius 1 is 1.00 bits per heavy atom. The summed E-state index contributed by atoms with van der Waals surface area (Å²) < 4.78 is 50.9. The van der Waals surface area contributed by atoms with E-state index in [0.717, 1.165) is 0 Å². The number of nitrogens with one attached hydrogen (secondary N) is 1. The molecule has 1 fully saturated rings. The molecule has 0 saturated carbocycles. The maximum Gasteiger partial charge on any atom is 0.240 e. The van der Waals surface area contributed by atoms with Gasteiger partial charge in [-0.25, -0.2) is 21.6 Å². The quantitative estimate of drug-likeness (QED) is 0.753. The molecule has 0 unspecified atom stereocenters. The predicted molar refractivity (Wildman–Crippen MR) is 84.5 cm³/mol. The van der Waals surface area contributed by atoms with Gasteiger partial charge in [-0.1, -0.05) is 18.2 Å². The summed E-state index contributed by atoms with van der Waals surface area (Å²) in [6, 6.07) is 8.22. The minimum atomic E-state index is -3.48. The highest BCUT2D eigenvalue weighted by Gasteiger charge is 2.23. The molecule has 1 aliphatic heterocycles. The van der Waals surface area contributed by atoms with Crippen LogP contribution in [0.3, 0.4) is 0 Å². The van der Waals surface area contributed by atoms with Gasteiger partial charge in [0, 0.05) is 39.3 Å². The number of nitrogens with zero attached hydrogens (tertiary/aromatic N) is 2. The van der Waals surface area contributed by atoms with Crippen LogP contribution in [0.1, 0.15) is 0 Å². The molecule has 1 aromatic carbocycles. The summed E-state index contributed by atoms with van der Waals surface area (Å²) in [6.45, 7) is 2.98. The predicted octanol–water partition coefficient (Wildman–Crippen LogP) is -0.458. The van der Waals surface area contributed by atoms with Crippen molar-refractivity contribution in [2.75, 3.05) is 45.5 Å². The smallest absolute Gasteiger partial charge is 0.240 e. The lowest BCUT2D eigenvalue weighted by atomic mass is 10.3. The van der Waals surface area contributed by atoms with E-state index < -0.39 is 20.0 Å². The molecule has 1 aliphatic rings. The fourth-order valence-electron chi connectivity index (χ4n) is 2.31. The van der Waals surface area contributed by atoms with Crippen LogP contribution >= 0.6 is 0 Å². The molecule has 7 nitrogen and oxygen atoms in total. The Morgan fingerprint density at radius 3 is 2.14 bits per heavy atom. The Balaban J connectivity index is 1.79. The molecule has 0 amide bonds. The summed E-state index contributed by atoms with van der Waals surface area (Å²) in [5.74, 6) is 0. The maximum atomic E-state index is 12.0. The number of hydrogen-bond acceptors (Lipinski definition) is 5. The number of benzene rings is 1. The van der Waals surface area contributed by atoms with E-state index in [9.17, 15) is 16.8 Å². The molecule has 9 heteroatoms. The van der Waals surface area contributed by atoms with Gasteiger partial charge in [0.2, 0.25) is 20.0 Å². The van der Waals surface area contributed by atoms with Crippen LogP contribution in [0.15, 0.2) is 35.2 Å².